The van der Waals surface area contributed by atoms with Crippen molar-refractivity contribution in [3.63, 3.8) is 0 Å². The van der Waals surface area contributed by atoms with Gasteiger partial charge in [-0.1, -0.05) is 18.2 Å². The number of furan rings is 1. The van der Waals surface area contributed by atoms with Crippen molar-refractivity contribution in [2.24, 2.45) is 5.73 Å². The summed E-state index contributed by atoms with van der Waals surface area (Å²) in [5.41, 5.74) is 5.85. The zero-order valence-corrected chi connectivity index (χ0v) is 8.03. The number of aliphatic hydroxyl groups excluding tert-OH is 1. The fourth-order valence-electron chi connectivity index (χ4n) is 1.34. The normalized spacial score (nSPS) is 15.6. The van der Waals surface area contributed by atoms with Crippen LogP contribution in [0.3, 0.4) is 0 Å². The summed E-state index contributed by atoms with van der Waals surface area (Å²) in [5.74, 6) is 0.612. The molecule has 0 aliphatic heterocycles. The number of hydrogen-bond donors (Lipinski definition) is 2. The Bertz CT molecular complexity index is 412. The molecule has 74 valence electrons. The first-order chi connectivity index (χ1) is 6.63. The van der Waals surface area contributed by atoms with E-state index in [0.717, 1.165) is 11.0 Å². The summed E-state index contributed by atoms with van der Waals surface area (Å²) in [5, 5.41) is 10.1. The van der Waals surface area contributed by atoms with Crippen molar-refractivity contribution < 1.29 is 9.52 Å². The van der Waals surface area contributed by atoms with Crippen molar-refractivity contribution in [3.8, 4) is 0 Å². The Morgan fingerprint density at radius 2 is 2.14 bits per heavy atom. The van der Waals surface area contributed by atoms with E-state index in [9.17, 15) is 0 Å². The molecule has 0 saturated carbocycles. The molecule has 0 aliphatic carbocycles. The van der Waals surface area contributed by atoms with Crippen LogP contribution in [0.1, 0.15) is 12.7 Å². The maximum Gasteiger partial charge on any atom is 0.134 e. The topological polar surface area (TPSA) is 59.4 Å². The van der Waals surface area contributed by atoms with Crippen molar-refractivity contribution in [3.05, 3.63) is 36.1 Å². The Kier molecular flexibility index (Phi) is 2.06. The van der Waals surface area contributed by atoms with Gasteiger partial charge >= 0.3 is 0 Å². The molecule has 14 heavy (non-hydrogen) atoms. The Hall–Kier alpha value is -1.32. The minimum atomic E-state index is -0.807. The van der Waals surface area contributed by atoms with Gasteiger partial charge in [0.15, 0.2) is 0 Å². The molecular weight excluding hydrogens is 178 g/mol. The monoisotopic (exact) mass is 191 g/mol. The van der Waals surface area contributed by atoms with Gasteiger partial charge in [-0.05, 0) is 19.1 Å². The molecule has 0 bridgehead atoms. The molecule has 3 heteroatoms. The van der Waals surface area contributed by atoms with Crippen LogP contribution in [0.25, 0.3) is 11.0 Å². The van der Waals surface area contributed by atoms with Gasteiger partial charge < -0.3 is 15.3 Å². The highest BCUT2D eigenvalue weighted by Gasteiger charge is 2.24. The summed E-state index contributed by atoms with van der Waals surface area (Å²) in [6.07, 6.45) is 0. The number of hydrogen-bond acceptors (Lipinski definition) is 3. The van der Waals surface area contributed by atoms with E-state index in [-0.39, 0.29) is 6.61 Å². The van der Waals surface area contributed by atoms with Crippen LogP contribution >= 0.6 is 0 Å². The summed E-state index contributed by atoms with van der Waals surface area (Å²) in [6, 6.07) is 9.55. The molecule has 0 aliphatic rings. The first-order valence-corrected chi connectivity index (χ1v) is 4.52. The van der Waals surface area contributed by atoms with Crippen molar-refractivity contribution in [1.82, 2.24) is 0 Å². The van der Waals surface area contributed by atoms with Crippen LogP contribution in [0.2, 0.25) is 0 Å². The van der Waals surface area contributed by atoms with E-state index in [1.165, 1.54) is 0 Å². The maximum absolute atomic E-state index is 9.09. The lowest BCUT2D eigenvalue weighted by molar-refractivity contribution is 0.190. The van der Waals surface area contributed by atoms with Gasteiger partial charge in [0.25, 0.3) is 0 Å². The lowest BCUT2D eigenvalue weighted by Gasteiger charge is -2.17. The molecule has 0 spiro atoms. The van der Waals surface area contributed by atoms with E-state index in [2.05, 4.69) is 0 Å². The number of benzene rings is 1. The molecule has 0 saturated heterocycles. The van der Waals surface area contributed by atoms with Crippen molar-refractivity contribution in [2.45, 2.75) is 12.5 Å². The second-order valence-corrected chi connectivity index (χ2v) is 3.72. The highest BCUT2D eigenvalue weighted by Crippen LogP contribution is 2.25. The lowest BCUT2D eigenvalue weighted by Crippen LogP contribution is -2.36. The first kappa shape index (κ1) is 9.24. The van der Waals surface area contributed by atoms with E-state index in [4.69, 9.17) is 15.3 Å². The summed E-state index contributed by atoms with van der Waals surface area (Å²) in [4.78, 5) is 0. The van der Waals surface area contributed by atoms with Gasteiger partial charge in [0, 0.05) is 5.39 Å². The lowest BCUT2D eigenvalue weighted by atomic mass is 10.0. The van der Waals surface area contributed by atoms with Crippen molar-refractivity contribution in [1.29, 1.82) is 0 Å². The highest BCUT2D eigenvalue weighted by molar-refractivity contribution is 5.77. The molecule has 1 atom stereocenters. The summed E-state index contributed by atoms with van der Waals surface area (Å²) in [7, 11) is 0. The van der Waals surface area contributed by atoms with Crippen LogP contribution in [0.15, 0.2) is 34.7 Å². The fraction of sp³-hybridized carbons (Fsp3) is 0.273. The number of rotatable bonds is 2. The minimum absolute atomic E-state index is 0.132. The Morgan fingerprint density at radius 1 is 1.43 bits per heavy atom. The smallest absolute Gasteiger partial charge is 0.134 e. The quantitative estimate of drug-likeness (QED) is 0.758. The Balaban J connectivity index is 2.55. The van der Waals surface area contributed by atoms with Gasteiger partial charge in [-0.15, -0.1) is 0 Å². The van der Waals surface area contributed by atoms with Gasteiger partial charge in [-0.3, -0.25) is 0 Å². The van der Waals surface area contributed by atoms with Crippen LogP contribution < -0.4 is 5.73 Å². The van der Waals surface area contributed by atoms with Gasteiger partial charge in [-0.2, -0.15) is 0 Å². The van der Waals surface area contributed by atoms with E-state index >= 15 is 0 Å². The van der Waals surface area contributed by atoms with Gasteiger partial charge in [0.1, 0.15) is 11.3 Å². The van der Waals surface area contributed by atoms with Gasteiger partial charge in [0.2, 0.25) is 0 Å². The average molecular weight is 191 g/mol. The third-order valence-electron chi connectivity index (χ3n) is 2.32. The minimum Gasteiger partial charge on any atom is -0.459 e. The van der Waals surface area contributed by atoms with E-state index in [1.54, 1.807) is 6.92 Å². The molecule has 3 N–H and O–H groups in total. The second kappa shape index (κ2) is 3.12. The van der Waals surface area contributed by atoms with Crippen LogP contribution in [0, 0.1) is 0 Å². The zero-order chi connectivity index (χ0) is 10.2. The standard InChI is InChI=1S/C11H13NO2/c1-11(12,7-13)10-6-8-4-2-3-5-9(8)14-10/h2-6,13H,7,12H2,1H3/t11-/m1/s1. The number of fused-ring (bicyclic) bond motifs is 1. The van der Waals surface area contributed by atoms with Gasteiger partial charge in [0.05, 0.1) is 12.1 Å². The van der Waals surface area contributed by atoms with Crippen LogP contribution in [-0.4, -0.2) is 11.7 Å². The number of nitrogens with two attached hydrogens (primary N) is 1. The van der Waals surface area contributed by atoms with E-state index in [0.29, 0.717) is 5.76 Å². The highest BCUT2D eigenvalue weighted by atomic mass is 16.3. The van der Waals surface area contributed by atoms with Crippen molar-refractivity contribution >= 4 is 11.0 Å². The predicted molar refractivity (Wildman–Crippen MR) is 54.8 cm³/mol. The second-order valence-electron chi connectivity index (χ2n) is 3.72. The van der Waals surface area contributed by atoms with E-state index < -0.39 is 5.54 Å². The molecule has 0 fully saturated rings. The SMILES string of the molecule is C[C@@](N)(CO)c1cc2ccccc2o1. The maximum atomic E-state index is 9.09. The average Bonchev–Trinajstić information content (AvgIpc) is 2.61. The van der Waals surface area contributed by atoms with E-state index in [1.807, 2.05) is 30.3 Å². The molecule has 0 amide bonds. The molecule has 1 aromatic heterocycles. The van der Waals surface area contributed by atoms with Crippen LogP contribution in [0.4, 0.5) is 0 Å². The first-order valence-electron chi connectivity index (χ1n) is 4.52. The summed E-state index contributed by atoms with van der Waals surface area (Å²) in [6.45, 7) is 1.61. The molecular formula is C11H13NO2. The molecule has 3 nitrogen and oxygen atoms in total. The Labute approximate surface area is 82.1 Å². The summed E-state index contributed by atoms with van der Waals surface area (Å²) >= 11 is 0. The van der Waals surface area contributed by atoms with Crippen LogP contribution in [0.5, 0.6) is 0 Å². The third-order valence-corrected chi connectivity index (χ3v) is 2.32. The van der Waals surface area contributed by atoms with Crippen molar-refractivity contribution in [2.75, 3.05) is 6.61 Å². The van der Waals surface area contributed by atoms with Gasteiger partial charge in [-0.25, -0.2) is 0 Å². The Morgan fingerprint density at radius 3 is 2.79 bits per heavy atom. The summed E-state index contributed by atoms with van der Waals surface area (Å²) < 4.78 is 5.54. The molecule has 2 rings (SSSR count). The number of para-hydroxylation sites is 1. The molecule has 0 radical (unpaired) electrons. The predicted octanol–water partition coefficient (Wildman–Crippen LogP) is 1.60. The zero-order valence-electron chi connectivity index (χ0n) is 8.03. The van der Waals surface area contributed by atoms with Crippen LogP contribution in [-0.2, 0) is 5.54 Å². The molecule has 2 aromatic rings. The largest absolute Gasteiger partial charge is 0.459 e. The fourth-order valence-corrected chi connectivity index (χ4v) is 1.34. The third kappa shape index (κ3) is 1.41. The molecule has 1 heterocycles. The molecule has 1 aromatic carbocycles. The number of aliphatic hydroxyl groups is 1. The molecule has 0 unspecified atom stereocenters.